The monoisotopic (exact) mass is 443 g/mol. The number of carbonyl (C=O) groups excluding carboxylic acids is 1. The second-order valence-electron chi connectivity index (χ2n) is 7.28. The molecule has 1 aromatic heterocycles. The first-order chi connectivity index (χ1) is 15.0. The average molecular weight is 444 g/mol. The molecule has 1 amide bonds. The van der Waals surface area contributed by atoms with Crippen LogP contribution in [0.2, 0.25) is 0 Å². The van der Waals surface area contributed by atoms with Crippen molar-refractivity contribution in [3.63, 3.8) is 0 Å². The lowest BCUT2D eigenvalue weighted by Gasteiger charge is -2.26. The maximum absolute atomic E-state index is 14.3. The molecule has 1 aliphatic heterocycles. The Bertz CT molecular complexity index is 1060. The first-order valence-electron chi connectivity index (χ1n) is 10.2. The number of nitrogens with zero attached hydrogens (tertiary/aromatic N) is 3. The Morgan fingerprint density at radius 2 is 1.81 bits per heavy atom. The smallest absolute Gasteiger partial charge is 0.226 e. The third kappa shape index (κ3) is 4.90. The highest BCUT2D eigenvalue weighted by atomic mass is 32.2. The fourth-order valence-corrected chi connectivity index (χ4v) is 4.43. The zero-order chi connectivity index (χ0) is 21.8. The molecule has 162 valence electrons. The van der Waals surface area contributed by atoms with Gasteiger partial charge in [0.1, 0.15) is 5.82 Å². The standard InChI is InChI=1S/C23H23F2N3O2S/c1-16-19(10-11-22(29)27-12-14-31-15-13-27)23(30-21-5-3-2-4-20(21)25)28(26-16)18-8-6-17(24)7-9-18/h2-9H,10-15H2,1H3. The van der Waals surface area contributed by atoms with Gasteiger partial charge in [-0.1, -0.05) is 12.1 Å². The Labute approximate surface area is 184 Å². The molecule has 0 spiro atoms. The van der Waals surface area contributed by atoms with E-state index in [2.05, 4.69) is 5.10 Å². The molecule has 3 aromatic rings. The molecule has 2 aromatic carbocycles. The SMILES string of the molecule is Cc1nn(-c2ccc(F)cc2)c(Oc2ccccc2F)c1CCC(=O)N1CCSCC1. The summed E-state index contributed by atoms with van der Waals surface area (Å²) in [5.74, 6) is 1.52. The number of rotatable bonds is 6. The van der Waals surface area contributed by atoms with Crippen molar-refractivity contribution in [1.29, 1.82) is 0 Å². The molecule has 0 saturated carbocycles. The maximum atomic E-state index is 14.3. The summed E-state index contributed by atoms with van der Waals surface area (Å²) in [6.07, 6.45) is 0.730. The van der Waals surface area contributed by atoms with Gasteiger partial charge in [-0.25, -0.2) is 13.5 Å². The minimum absolute atomic E-state index is 0.0615. The lowest BCUT2D eigenvalue weighted by Crippen LogP contribution is -2.38. The first-order valence-corrected chi connectivity index (χ1v) is 11.3. The average Bonchev–Trinajstić information content (AvgIpc) is 3.09. The van der Waals surface area contributed by atoms with E-state index >= 15 is 0 Å². The van der Waals surface area contributed by atoms with E-state index in [1.54, 1.807) is 24.3 Å². The molecule has 5 nitrogen and oxygen atoms in total. The Morgan fingerprint density at radius 3 is 2.52 bits per heavy atom. The Kier molecular flexibility index (Phi) is 6.56. The quantitative estimate of drug-likeness (QED) is 0.551. The van der Waals surface area contributed by atoms with E-state index in [0.717, 1.165) is 30.2 Å². The molecule has 31 heavy (non-hydrogen) atoms. The van der Waals surface area contributed by atoms with Crippen molar-refractivity contribution in [3.8, 4) is 17.3 Å². The van der Waals surface area contributed by atoms with Gasteiger partial charge in [-0.3, -0.25) is 4.79 Å². The number of benzene rings is 2. The topological polar surface area (TPSA) is 47.4 Å². The van der Waals surface area contributed by atoms with Crippen molar-refractivity contribution >= 4 is 17.7 Å². The fourth-order valence-electron chi connectivity index (χ4n) is 3.52. The summed E-state index contributed by atoms with van der Waals surface area (Å²) in [4.78, 5) is 14.6. The van der Waals surface area contributed by atoms with Crippen molar-refractivity contribution < 1.29 is 18.3 Å². The number of aryl methyl sites for hydroxylation is 1. The number of para-hydroxylation sites is 1. The molecule has 2 heterocycles. The summed E-state index contributed by atoms with van der Waals surface area (Å²) in [5.41, 5.74) is 1.99. The predicted octanol–water partition coefficient (Wildman–Crippen LogP) is 4.76. The van der Waals surface area contributed by atoms with Gasteiger partial charge in [0.25, 0.3) is 0 Å². The highest BCUT2D eigenvalue weighted by Gasteiger charge is 2.23. The molecular formula is C23H23F2N3O2S. The molecule has 0 bridgehead atoms. The maximum Gasteiger partial charge on any atom is 0.226 e. The van der Waals surface area contributed by atoms with Crippen LogP contribution >= 0.6 is 11.8 Å². The van der Waals surface area contributed by atoms with E-state index in [0.29, 0.717) is 30.1 Å². The molecule has 1 fully saturated rings. The van der Waals surface area contributed by atoms with Gasteiger partial charge in [-0.2, -0.15) is 16.9 Å². The number of ether oxygens (including phenoxy) is 1. The molecular weight excluding hydrogens is 420 g/mol. The van der Waals surface area contributed by atoms with E-state index in [1.807, 2.05) is 23.6 Å². The van der Waals surface area contributed by atoms with E-state index < -0.39 is 5.82 Å². The minimum Gasteiger partial charge on any atom is -0.436 e. The summed E-state index contributed by atoms with van der Waals surface area (Å²) >= 11 is 1.85. The lowest BCUT2D eigenvalue weighted by atomic mass is 10.1. The van der Waals surface area contributed by atoms with Crippen molar-refractivity contribution in [3.05, 3.63) is 71.4 Å². The van der Waals surface area contributed by atoms with Crippen LogP contribution in [0.3, 0.4) is 0 Å². The summed E-state index contributed by atoms with van der Waals surface area (Å²) in [6.45, 7) is 3.34. The third-order valence-electron chi connectivity index (χ3n) is 5.20. The number of thioether (sulfide) groups is 1. The van der Waals surface area contributed by atoms with Gasteiger partial charge < -0.3 is 9.64 Å². The summed E-state index contributed by atoms with van der Waals surface area (Å²) in [7, 11) is 0. The van der Waals surface area contributed by atoms with Gasteiger partial charge in [0.2, 0.25) is 11.8 Å². The number of halogens is 2. The fraction of sp³-hybridized carbons (Fsp3) is 0.304. The highest BCUT2D eigenvalue weighted by Crippen LogP contribution is 2.33. The third-order valence-corrected chi connectivity index (χ3v) is 6.15. The minimum atomic E-state index is -0.500. The lowest BCUT2D eigenvalue weighted by molar-refractivity contribution is -0.130. The number of hydrogen-bond acceptors (Lipinski definition) is 4. The molecule has 0 aliphatic carbocycles. The van der Waals surface area contributed by atoms with Crippen LogP contribution in [-0.4, -0.2) is 45.2 Å². The van der Waals surface area contributed by atoms with Gasteiger partial charge in [0.15, 0.2) is 11.6 Å². The molecule has 0 radical (unpaired) electrons. The van der Waals surface area contributed by atoms with E-state index in [4.69, 9.17) is 4.74 Å². The Hall–Kier alpha value is -2.87. The Balaban J connectivity index is 1.65. The van der Waals surface area contributed by atoms with Gasteiger partial charge in [-0.15, -0.1) is 0 Å². The van der Waals surface area contributed by atoms with Crippen molar-refractivity contribution in [2.75, 3.05) is 24.6 Å². The van der Waals surface area contributed by atoms with Gasteiger partial charge in [0, 0.05) is 36.6 Å². The zero-order valence-corrected chi connectivity index (χ0v) is 18.0. The molecule has 0 N–H and O–H groups in total. The number of aromatic nitrogens is 2. The van der Waals surface area contributed by atoms with Crippen LogP contribution in [-0.2, 0) is 11.2 Å². The summed E-state index contributed by atoms with van der Waals surface area (Å²) < 4.78 is 35.2. The van der Waals surface area contributed by atoms with Crippen LogP contribution in [0.5, 0.6) is 11.6 Å². The van der Waals surface area contributed by atoms with Gasteiger partial charge in [-0.05, 0) is 49.7 Å². The van der Waals surface area contributed by atoms with Crippen molar-refractivity contribution in [2.24, 2.45) is 0 Å². The molecule has 4 rings (SSSR count). The van der Waals surface area contributed by atoms with Gasteiger partial charge in [0.05, 0.1) is 11.4 Å². The van der Waals surface area contributed by atoms with Crippen LogP contribution < -0.4 is 4.74 Å². The van der Waals surface area contributed by atoms with Crippen LogP contribution in [0.25, 0.3) is 5.69 Å². The predicted molar refractivity (Wildman–Crippen MR) is 117 cm³/mol. The largest absolute Gasteiger partial charge is 0.436 e. The van der Waals surface area contributed by atoms with Crippen LogP contribution in [0, 0.1) is 18.6 Å². The van der Waals surface area contributed by atoms with E-state index in [1.165, 1.54) is 28.9 Å². The summed E-state index contributed by atoms with van der Waals surface area (Å²) in [5, 5.41) is 4.55. The van der Waals surface area contributed by atoms with Crippen LogP contribution in [0.1, 0.15) is 17.7 Å². The molecule has 0 atom stereocenters. The van der Waals surface area contributed by atoms with E-state index in [-0.39, 0.29) is 17.5 Å². The molecule has 1 aliphatic rings. The Morgan fingerprint density at radius 1 is 1.10 bits per heavy atom. The number of carbonyl (C=O) groups is 1. The van der Waals surface area contributed by atoms with E-state index in [9.17, 15) is 13.6 Å². The zero-order valence-electron chi connectivity index (χ0n) is 17.2. The molecule has 1 saturated heterocycles. The van der Waals surface area contributed by atoms with Crippen molar-refractivity contribution in [1.82, 2.24) is 14.7 Å². The van der Waals surface area contributed by atoms with Crippen LogP contribution in [0.15, 0.2) is 48.5 Å². The van der Waals surface area contributed by atoms with Gasteiger partial charge >= 0.3 is 0 Å². The van der Waals surface area contributed by atoms with Crippen molar-refractivity contribution in [2.45, 2.75) is 19.8 Å². The summed E-state index contributed by atoms with van der Waals surface area (Å²) in [6, 6.07) is 11.9. The normalized spacial score (nSPS) is 14.0. The second-order valence-corrected chi connectivity index (χ2v) is 8.51. The van der Waals surface area contributed by atoms with Crippen LogP contribution in [0.4, 0.5) is 8.78 Å². The number of amides is 1. The first kappa shape index (κ1) is 21.4. The highest BCUT2D eigenvalue weighted by molar-refractivity contribution is 7.99. The number of hydrogen-bond donors (Lipinski definition) is 0. The molecule has 0 unspecified atom stereocenters. The molecule has 8 heteroatoms. The second kappa shape index (κ2) is 9.51.